The summed E-state index contributed by atoms with van der Waals surface area (Å²) in [6, 6.07) is 18.2. The molecule has 5 nitrogen and oxygen atoms in total. The summed E-state index contributed by atoms with van der Waals surface area (Å²) >= 11 is 1.40. The van der Waals surface area contributed by atoms with Gasteiger partial charge in [-0.15, -0.1) is 11.3 Å². The van der Waals surface area contributed by atoms with E-state index < -0.39 is 0 Å². The van der Waals surface area contributed by atoms with Crippen LogP contribution in [0.4, 0.5) is 5.13 Å². The van der Waals surface area contributed by atoms with Crippen LogP contribution in [0.2, 0.25) is 0 Å². The van der Waals surface area contributed by atoms with Crippen molar-refractivity contribution in [3.63, 3.8) is 0 Å². The van der Waals surface area contributed by atoms with E-state index in [1.165, 1.54) is 11.3 Å². The molecule has 1 aromatic heterocycles. The van der Waals surface area contributed by atoms with Crippen molar-refractivity contribution in [2.45, 2.75) is 13.3 Å². The number of ether oxygens (including phenoxy) is 1. The number of hydrogen-bond donors (Lipinski definition) is 1. The molecule has 0 aliphatic heterocycles. The predicted molar refractivity (Wildman–Crippen MR) is 106 cm³/mol. The molecule has 0 aliphatic carbocycles. The monoisotopic (exact) mass is 365 g/mol. The number of anilines is 1. The van der Waals surface area contributed by atoms with E-state index >= 15 is 0 Å². The quantitative estimate of drug-likeness (QED) is 0.384. The van der Waals surface area contributed by atoms with E-state index in [1.807, 2.05) is 41.8 Å². The number of carbonyl (C=O) groups excluding carboxylic acids is 1. The van der Waals surface area contributed by atoms with Crippen LogP contribution in [-0.2, 0) is 16.0 Å². The Morgan fingerprint density at radius 1 is 1.19 bits per heavy atom. The van der Waals surface area contributed by atoms with E-state index in [0.717, 1.165) is 16.7 Å². The Morgan fingerprint density at radius 2 is 1.96 bits per heavy atom. The fourth-order valence-electron chi connectivity index (χ4n) is 2.45. The molecule has 1 N–H and O–H groups in total. The first kappa shape index (κ1) is 17.8. The molecule has 0 spiro atoms. The number of hydrogen-bond acceptors (Lipinski definition) is 6. The fourth-order valence-corrected chi connectivity index (χ4v) is 3.11. The van der Waals surface area contributed by atoms with E-state index in [4.69, 9.17) is 4.74 Å². The Labute approximate surface area is 156 Å². The van der Waals surface area contributed by atoms with Gasteiger partial charge in [0.15, 0.2) is 0 Å². The lowest BCUT2D eigenvalue weighted by Gasteiger charge is -2.05. The number of hydrazone groups is 1. The predicted octanol–water partition coefficient (Wildman–Crippen LogP) is 4.36. The average molecular weight is 365 g/mol. The molecule has 6 heteroatoms. The number of carbonyl (C=O) groups is 1. The minimum absolute atomic E-state index is 0.173. The molecule has 0 saturated heterocycles. The van der Waals surface area contributed by atoms with Crippen LogP contribution in [-0.4, -0.2) is 23.8 Å². The Kier molecular flexibility index (Phi) is 6.11. The molecule has 0 unspecified atom stereocenters. The summed E-state index contributed by atoms with van der Waals surface area (Å²) in [4.78, 5) is 15.8. The smallest absolute Gasteiger partial charge is 0.311 e. The Hall–Kier alpha value is -2.99. The Balaban J connectivity index is 1.67. The summed E-state index contributed by atoms with van der Waals surface area (Å²) in [7, 11) is 0. The lowest BCUT2D eigenvalue weighted by Crippen LogP contribution is -2.07. The second-order valence-corrected chi connectivity index (χ2v) is 6.31. The van der Waals surface area contributed by atoms with Crippen LogP contribution in [0, 0.1) is 0 Å². The van der Waals surface area contributed by atoms with Gasteiger partial charge in [-0.1, -0.05) is 54.6 Å². The molecule has 0 fully saturated rings. The maximum Gasteiger partial charge on any atom is 0.311 e. The van der Waals surface area contributed by atoms with Crippen molar-refractivity contribution in [3.8, 4) is 11.1 Å². The highest BCUT2D eigenvalue weighted by Crippen LogP contribution is 2.22. The van der Waals surface area contributed by atoms with Gasteiger partial charge in [-0.05, 0) is 18.1 Å². The molecule has 3 rings (SSSR count). The van der Waals surface area contributed by atoms with Gasteiger partial charge >= 0.3 is 5.97 Å². The number of rotatable bonds is 7. The van der Waals surface area contributed by atoms with Crippen LogP contribution in [0.25, 0.3) is 11.1 Å². The van der Waals surface area contributed by atoms with Crippen LogP contribution >= 0.6 is 11.3 Å². The van der Waals surface area contributed by atoms with Gasteiger partial charge in [-0.3, -0.25) is 10.2 Å². The van der Waals surface area contributed by atoms with E-state index in [9.17, 15) is 4.79 Å². The van der Waals surface area contributed by atoms with Gasteiger partial charge in [0.25, 0.3) is 0 Å². The van der Waals surface area contributed by atoms with Crippen LogP contribution < -0.4 is 5.43 Å². The third-order valence-corrected chi connectivity index (χ3v) is 4.39. The summed E-state index contributed by atoms with van der Waals surface area (Å²) in [6.45, 7) is 2.16. The first-order chi connectivity index (χ1) is 12.8. The standard InChI is InChI=1S/C20H19N3O2S/c1-2-25-19(24)12-17-14-26-20(22-17)23-21-13-16-10-6-7-11-18(16)15-8-4-3-5-9-15/h3-11,13-14H,2,12H2,1H3,(H,22,23). The molecule has 3 aromatic rings. The van der Waals surface area contributed by atoms with E-state index in [2.05, 4.69) is 33.7 Å². The SMILES string of the molecule is CCOC(=O)Cc1csc(NN=Cc2ccccc2-c2ccccc2)n1. The molecule has 0 bridgehead atoms. The van der Waals surface area contributed by atoms with Crippen molar-refractivity contribution in [2.75, 3.05) is 12.0 Å². The van der Waals surface area contributed by atoms with Gasteiger partial charge < -0.3 is 4.74 Å². The van der Waals surface area contributed by atoms with Gasteiger partial charge in [0.05, 0.1) is 24.9 Å². The second-order valence-electron chi connectivity index (χ2n) is 5.45. The zero-order valence-corrected chi connectivity index (χ0v) is 15.2. The van der Waals surface area contributed by atoms with Gasteiger partial charge in [0, 0.05) is 10.9 Å². The summed E-state index contributed by atoms with van der Waals surface area (Å²) in [5, 5.41) is 6.75. The lowest BCUT2D eigenvalue weighted by atomic mass is 10.0. The summed E-state index contributed by atoms with van der Waals surface area (Å²) in [5.74, 6) is -0.273. The molecule has 0 atom stereocenters. The highest BCUT2D eigenvalue weighted by Gasteiger charge is 2.08. The molecule has 26 heavy (non-hydrogen) atoms. The van der Waals surface area contributed by atoms with Gasteiger partial charge in [0.1, 0.15) is 0 Å². The number of nitrogens with one attached hydrogen (secondary N) is 1. The Bertz CT molecular complexity index is 891. The van der Waals surface area contributed by atoms with Crippen LogP contribution in [0.15, 0.2) is 65.1 Å². The number of thiazole rings is 1. The van der Waals surface area contributed by atoms with Crippen molar-refractivity contribution < 1.29 is 9.53 Å². The molecule has 132 valence electrons. The van der Waals surface area contributed by atoms with Gasteiger partial charge in [-0.25, -0.2) is 4.98 Å². The number of esters is 1. The number of aromatic nitrogens is 1. The van der Waals surface area contributed by atoms with E-state index in [1.54, 1.807) is 13.1 Å². The first-order valence-corrected chi connectivity index (χ1v) is 9.18. The van der Waals surface area contributed by atoms with Crippen LogP contribution in [0.5, 0.6) is 0 Å². The number of nitrogens with zero attached hydrogens (tertiary/aromatic N) is 2. The fraction of sp³-hybridized carbons (Fsp3) is 0.150. The van der Waals surface area contributed by atoms with Crippen molar-refractivity contribution in [2.24, 2.45) is 5.10 Å². The van der Waals surface area contributed by atoms with Gasteiger partial charge in [0.2, 0.25) is 5.13 Å². The first-order valence-electron chi connectivity index (χ1n) is 8.30. The number of benzene rings is 2. The average Bonchev–Trinajstić information content (AvgIpc) is 3.10. The maximum atomic E-state index is 11.5. The topological polar surface area (TPSA) is 63.6 Å². The summed E-state index contributed by atoms with van der Waals surface area (Å²) < 4.78 is 4.92. The Morgan fingerprint density at radius 3 is 2.77 bits per heavy atom. The van der Waals surface area contributed by atoms with E-state index in [-0.39, 0.29) is 12.4 Å². The van der Waals surface area contributed by atoms with Crippen molar-refractivity contribution in [1.29, 1.82) is 0 Å². The molecule has 0 aliphatic rings. The molecule has 0 saturated carbocycles. The minimum atomic E-state index is -0.273. The summed E-state index contributed by atoms with van der Waals surface area (Å²) in [5.41, 5.74) is 6.86. The second kappa shape index (κ2) is 8.92. The molecule has 2 aromatic carbocycles. The largest absolute Gasteiger partial charge is 0.466 e. The normalized spacial score (nSPS) is 10.8. The summed E-state index contributed by atoms with van der Waals surface area (Å²) in [6.07, 6.45) is 1.95. The van der Waals surface area contributed by atoms with Gasteiger partial charge in [-0.2, -0.15) is 5.10 Å². The van der Waals surface area contributed by atoms with Crippen molar-refractivity contribution in [3.05, 3.63) is 71.2 Å². The van der Waals surface area contributed by atoms with Crippen LogP contribution in [0.3, 0.4) is 0 Å². The van der Waals surface area contributed by atoms with Crippen molar-refractivity contribution >= 4 is 28.7 Å². The third-order valence-electron chi connectivity index (χ3n) is 3.59. The minimum Gasteiger partial charge on any atom is -0.466 e. The molecule has 0 amide bonds. The lowest BCUT2D eigenvalue weighted by molar-refractivity contribution is -0.142. The van der Waals surface area contributed by atoms with Crippen molar-refractivity contribution in [1.82, 2.24) is 4.98 Å². The highest BCUT2D eigenvalue weighted by molar-refractivity contribution is 7.13. The zero-order chi connectivity index (χ0) is 18.2. The van der Waals surface area contributed by atoms with E-state index in [0.29, 0.717) is 17.4 Å². The third kappa shape index (κ3) is 4.77. The molecule has 0 radical (unpaired) electrons. The molecular formula is C20H19N3O2S. The molecular weight excluding hydrogens is 346 g/mol. The highest BCUT2D eigenvalue weighted by atomic mass is 32.1. The maximum absolute atomic E-state index is 11.5. The molecule has 1 heterocycles. The zero-order valence-electron chi connectivity index (χ0n) is 14.4. The van der Waals surface area contributed by atoms with Crippen LogP contribution in [0.1, 0.15) is 18.2 Å².